The van der Waals surface area contributed by atoms with Crippen molar-refractivity contribution in [2.75, 3.05) is 0 Å². The molecule has 1 rings (SSSR count). The lowest BCUT2D eigenvalue weighted by Gasteiger charge is -2.46. The van der Waals surface area contributed by atoms with E-state index in [2.05, 4.69) is 33.0 Å². The molecule has 3 heteroatoms. The molecule has 0 bridgehead atoms. The first kappa shape index (κ1) is 12.5. The number of hydrogen-bond donors (Lipinski definition) is 2. The highest BCUT2D eigenvalue weighted by molar-refractivity contribution is 5.73. The number of rotatable bonds is 3. The topological polar surface area (TPSA) is 55.1 Å². The molecule has 1 fully saturated rings. The van der Waals surface area contributed by atoms with Crippen LogP contribution < -0.4 is 11.1 Å². The van der Waals surface area contributed by atoms with Crippen LogP contribution in [0.2, 0.25) is 0 Å². The summed E-state index contributed by atoms with van der Waals surface area (Å²) in [5.74, 6) is 0.438. The van der Waals surface area contributed by atoms with Gasteiger partial charge in [0.1, 0.15) is 0 Å². The van der Waals surface area contributed by atoms with Crippen molar-refractivity contribution >= 4 is 5.91 Å². The zero-order valence-electron chi connectivity index (χ0n) is 10.4. The second kappa shape index (κ2) is 4.12. The van der Waals surface area contributed by atoms with Crippen molar-refractivity contribution in [3.8, 4) is 0 Å². The maximum Gasteiger partial charge on any atom is 0.217 e. The summed E-state index contributed by atoms with van der Waals surface area (Å²) in [6, 6.07) is 0. The van der Waals surface area contributed by atoms with E-state index in [1.54, 1.807) is 0 Å². The lowest BCUT2D eigenvalue weighted by Crippen LogP contribution is -2.57. The Morgan fingerprint density at radius 2 is 1.73 bits per heavy atom. The van der Waals surface area contributed by atoms with Gasteiger partial charge < -0.3 is 11.1 Å². The number of primary amides is 1. The predicted molar refractivity (Wildman–Crippen MR) is 62.4 cm³/mol. The molecule has 0 spiro atoms. The zero-order valence-corrected chi connectivity index (χ0v) is 10.4. The average molecular weight is 212 g/mol. The van der Waals surface area contributed by atoms with Crippen LogP contribution in [0, 0.1) is 5.92 Å². The number of carbonyl (C=O) groups is 1. The molecule has 1 amide bonds. The molecular formula is C12H24N2O. The van der Waals surface area contributed by atoms with E-state index in [9.17, 15) is 4.79 Å². The summed E-state index contributed by atoms with van der Waals surface area (Å²) in [5, 5.41) is 3.63. The van der Waals surface area contributed by atoms with Crippen LogP contribution in [-0.4, -0.2) is 17.0 Å². The predicted octanol–water partition coefficient (Wildman–Crippen LogP) is 1.81. The lowest BCUT2D eigenvalue weighted by molar-refractivity contribution is -0.118. The van der Waals surface area contributed by atoms with Crippen LogP contribution in [0.4, 0.5) is 0 Å². The summed E-state index contributed by atoms with van der Waals surface area (Å²) in [6.45, 7) is 8.91. The fourth-order valence-corrected chi connectivity index (χ4v) is 3.08. The van der Waals surface area contributed by atoms with E-state index in [0.29, 0.717) is 12.3 Å². The van der Waals surface area contributed by atoms with E-state index in [0.717, 1.165) is 19.3 Å². The van der Waals surface area contributed by atoms with Crippen molar-refractivity contribution in [3.63, 3.8) is 0 Å². The minimum Gasteiger partial charge on any atom is -0.370 e. The van der Waals surface area contributed by atoms with E-state index in [1.165, 1.54) is 0 Å². The molecule has 0 aromatic heterocycles. The first-order chi connectivity index (χ1) is 6.70. The molecule has 3 nitrogen and oxygen atoms in total. The second-order valence-corrected chi connectivity index (χ2v) is 6.17. The van der Waals surface area contributed by atoms with Gasteiger partial charge in [-0.15, -0.1) is 0 Å². The van der Waals surface area contributed by atoms with Crippen LogP contribution >= 0.6 is 0 Å². The van der Waals surface area contributed by atoms with Gasteiger partial charge in [-0.25, -0.2) is 0 Å². The molecule has 0 radical (unpaired) electrons. The summed E-state index contributed by atoms with van der Waals surface area (Å²) in [6.07, 6.45) is 3.72. The molecule has 0 unspecified atom stereocenters. The largest absolute Gasteiger partial charge is 0.370 e. The molecule has 88 valence electrons. The normalized spacial score (nSPS) is 25.1. The summed E-state index contributed by atoms with van der Waals surface area (Å²) in [4.78, 5) is 10.8. The minimum absolute atomic E-state index is 0.171. The monoisotopic (exact) mass is 212 g/mol. The summed E-state index contributed by atoms with van der Waals surface area (Å²) in [7, 11) is 0. The average Bonchev–Trinajstić information content (AvgIpc) is 1.94. The van der Waals surface area contributed by atoms with Crippen molar-refractivity contribution in [3.05, 3.63) is 0 Å². The highest BCUT2D eigenvalue weighted by Gasteiger charge is 2.37. The Morgan fingerprint density at radius 1 is 1.27 bits per heavy atom. The van der Waals surface area contributed by atoms with Crippen molar-refractivity contribution in [2.24, 2.45) is 11.7 Å². The third-order valence-electron chi connectivity index (χ3n) is 3.07. The third kappa shape index (κ3) is 4.20. The van der Waals surface area contributed by atoms with Gasteiger partial charge in [-0.3, -0.25) is 4.79 Å². The van der Waals surface area contributed by atoms with E-state index < -0.39 is 0 Å². The lowest BCUT2D eigenvalue weighted by atomic mass is 9.74. The Kier molecular flexibility index (Phi) is 3.44. The Bertz CT molecular complexity index is 230. The molecule has 3 N–H and O–H groups in total. The maximum absolute atomic E-state index is 10.8. The van der Waals surface area contributed by atoms with Gasteiger partial charge >= 0.3 is 0 Å². The summed E-state index contributed by atoms with van der Waals surface area (Å²) < 4.78 is 0. The number of hydrogen-bond acceptors (Lipinski definition) is 2. The van der Waals surface area contributed by atoms with Crippen LogP contribution in [0.3, 0.4) is 0 Å². The van der Waals surface area contributed by atoms with Gasteiger partial charge in [0.05, 0.1) is 0 Å². The summed E-state index contributed by atoms with van der Waals surface area (Å²) >= 11 is 0. The standard InChI is InChI=1S/C12H24N2O/c1-11(2)7-9(5-6-10(13)15)8-12(3,4)14-11/h9,14H,5-8H2,1-4H3,(H2,13,15). The van der Waals surface area contributed by atoms with E-state index in [1.807, 2.05) is 0 Å². The van der Waals surface area contributed by atoms with E-state index in [-0.39, 0.29) is 17.0 Å². The van der Waals surface area contributed by atoms with Gasteiger partial charge in [-0.1, -0.05) is 0 Å². The second-order valence-electron chi connectivity index (χ2n) is 6.17. The van der Waals surface area contributed by atoms with Crippen LogP contribution in [-0.2, 0) is 4.79 Å². The number of nitrogens with one attached hydrogen (secondary N) is 1. The van der Waals surface area contributed by atoms with Gasteiger partial charge in [-0.05, 0) is 52.9 Å². The van der Waals surface area contributed by atoms with Crippen molar-refractivity contribution in [1.82, 2.24) is 5.32 Å². The molecule has 1 aliphatic heterocycles. The van der Waals surface area contributed by atoms with Crippen LogP contribution in [0.15, 0.2) is 0 Å². The Morgan fingerprint density at radius 3 is 2.13 bits per heavy atom. The Labute approximate surface area is 92.8 Å². The fourth-order valence-electron chi connectivity index (χ4n) is 3.08. The Hall–Kier alpha value is -0.570. The first-order valence-electron chi connectivity index (χ1n) is 5.78. The molecule has 15 heavy (non-hydrogen) atoms. The zero-order chi connectivity index (χ0) is 11.7. The van der Waals surface area contributed by atoms with Gasteiger partial charge in [0.2, 0.25) is 5.91 Å². The third-order valence-corrected chi connectivity index (χ3v) is 3.07. The molecule has 0 aromatic carbocycles. The van der Waals surface area contributed by atoms with Crippen molar-refractivity contribution in [2.45, 2.75) is 64.5 Å². The smallest absolute Gasteiger partial charge is 0.217 e. The number of amides is 1. The molecule has 0 aliphatic carbocycles. The molecular weight excluding hydrogens is 188 g/mol. The van der Waals surface area contributed by atoms with Crippen LogP contribution in [0.1, 0.15) is 53.4 Å². The first-order valence-corrected chi connectivity index (χ1v) is 5.78. The van der Waals surface area contributed by atoms with Crippen LogP contribution in [0.25, 0.3) is 0 Å². The summed E-state index contributed by atoms with van der Waals surface area (Å²) in [5.41, 5.74) is 5.53. The number of piperidine rings is 1. The van der Waals surface area contributed by atoms with Gasteiger partial charge in [-0.2, -0.15) is 0 Å². The number of carbonyl (C=O) groups excluding carboxylic acids is 1. The molecule has 0 atom stereocenters. The molecule has 1 aliphatic rings. The molecule has 0 aromatic rings. The van der Waals surface area contributed by atoms with Gasteiger partial charge in [0.25, 0.3) is 0 Å². The maximum atomic E-state index is 10.8. The highest BCUT2D eigenvalue weighted by atomic mass is 16.1. The molecule has 0 saturated carbocycles. The number of nitrogens with two attached hydrogens (primary N) is 1. The van der Waals surface area contributed by atoms with Crippen LogP contribution in [0.5, 0.6) is 0 Å². The van der Waals surface area contributed by atoms with E-state index >= 15 is 0 Å². The molecule has 1 heterocycles. The Balaban J connectivity index is 2.55. The van der Waals surface area contributed by atoms with Crippen molar-refractivity contribution < 1.29 is 4.79 Å². The minimum atomic E-state index is -0.177. The highest BCUT2D eigenvalue weighted by Crippen LogP contribution is 2.34. The quantitative estimate of drug-likeness (QED) is 0.749. The van der Waals surface area contributed by atoms with Gasteiger partial charge in [0.15, 0.2) is 0 Å². The fraction of sp³-hybridized carbons (Fsp3) is 0.917. The van der Waals surface area contributed by atoms with Crippen molar-refractivity contribution in [1.29, 1.82) is 0 Å². The van der Waals surface area contributed by atoms with E-state index in [4.69, 9.17) is 5.73 Å². The molecule has 1 saturated heterocycles. The SMILES string of the molecule is CC1(C)CC(CCC(N)=O)CC(C)(C)N1. The van der Waals surface area contributed by atoms with Gasteiger partial charge in [0, 0.05) is 17.5 Å².